The number of alkyl halides is 5. The van der Waals surface area contributed by atoms with E-state index in [1.807, 2.05) is 18.2 Å². The zero-order chi connectivity index (χ0) is 27.6. The number of aromatic nitrogens is 3. The number of piperidine rings is 1. The zero-order valence-corrected chi connectivity index (χ0v) is 20.9. The van der Waals surface area contributed by atoms with Gasteiger partial charge in [-0.2, -0.15) is 13.2 Å². The Hall–Kier alpha value is -3.45. The van der Waals surface area contributed by atoms with Gasteiger partial charge in [-0.1, -0.05) is 6.07 Å². The number of nitrogens with one attached hydrogen (secondary N) is 1. The van der Waals surface area contributed by atoms with E-state index >= 15 is 0 Å². The molecule has 1 aromatic carbocycles. The van der Waals surface area contributed by atoms with Crippen LogP contribution < -0.4 is 10.2 Å². The quantitative estimate of drug-likeness (QED) is 0.463. The topological polar surface area (TPSA) is 83.5 Å². The first-order valence-corrected chi connectivity index (χ1v) is 12.6. The lowest BCUT2D eigenvalue weighted by Crippen LogP contribution is -2.45. The monoisotopic (exact) mass is 550 g/mol. The molecule has 1 atom stereocenters. The number of amides is 1. The van der Waals surface area contributed by atoms with Crippen LogP contribution in [-0.4, -0.2) is 77.6 Å². The fourth-order valence-corrected chi connectivity index (χ4v) is 4.87. The summed E-state index contributed by atoms with van der Waals surface area (Å²) in [7, 11) is 0. The largest absolute Gasteiger partial charge is 0.451 e. The number of anilines is 1. The molecular formula is C26H27F5N6O2. The van der Waals surface area contributed by atoms with Crippen LogP contribution in [0.2, 0.25) is 0 Å². The van der Waals surface area contributed by atoms with Crippen LogP contribution in [0.15, 0.2) is 42.7 Å². The number of hydrogen-bond donors (Lipinski definition) is 1. The molecule has 2 aliphatic rings. The van der Waals surface area contributed by atoms with Gasteiger partial charge in [-0.3, -0.25) is 9.69 Å². The van der Waals surface area contributed by atoms with Crippen molar-refractivity contribution in [3.05, 3.63) is 59.7 Å². The van der Waals surface area contributed by atoms with E-state index in [9.17, 15) is 26.7 Å². The van der Waals surface area contributed by atoms with Crippen molar-refractivity contribution in [2.75, 3.05) is 50.8 Å². The number of ether oxygens (including phenoxy) is 1. The number of nitrogens with zero attached hydrogens (tertiary/aromatic N) is 5. The number of carbonyl (C=O) groups excluding carboxylic acids is 1. The minimum Gasteiger partial charge on any atom is -0.378 e. The average Bonchev–Trinajstić information content (AvgIpc) is 2.93. The molecule has 0 bridgehead atoms. The molecule has 13 heteroatoms. The lowest BCUT2D eigenvalue weighted by molar-refractivity contribution is -0.145. The summed E-state index contributed by atoms with van der Waals surface area (Å²) in [5.41, 5.74) is 1.31. The molecule has 1 amide bonds. The number of carbonyl (C=O) groups is 1. The molecule has 0 spiro atoms. The van der Waals surface area contributed by atoms with Crippen molar-refractivity contribution in [1.82, 2.24) is 25.2 Å². The number of rotatable bonds is 6. The maximum Gasteiger partial charge on any atom is 0.451 e. The predicted molar refractivity (Wildman–Crippen MR) is 133 cm³/mol. The van der Waals surface area contributed by atoms with E-state index in [0.29, 0.717) is 35.2 Å². The van der Waals surface area contributed by atoms with Crippen LogP contribution in [0.5, 0.6) is 0 Å². The second-order valence-electron chi connectivity index (χ2n) is 9.60. The lowest BCUT2D eigenvalue weighted by Gasteiger charge is -2.37. The Morgan fingerprint density at radius 3 is 2.38 bits per heavy atom. The molecule has 2 aromatic heterocycles. The summed E-state index contributed by atoms with van der Waals surface area (Å²) in [4.78, 5) is 28.6. The summed E-state index contributed by atoms with van der Waals surface area (Å²) >= 11 is 0. The third kappa shape index (κ3) is 6.25. The van der Waals surface area contributed by atoms with Crippen molar-refractivity contribution in [2.24, 2.45) is 0 Å². The van der Waals surface area contributed by atoms with E-state index in [4.69, 9.17) is 9.72 Å². The third-order valence-corrected chi connectivity index (χ3v) is 7.03. The van der Waals surface area contributed by atoms with Gasteiger partial charge < -0.3 is 15.0 Å². The third-order valence-electron chi connectivity index (χ3n) is 7.03. The number of likely N-dealkylation sites (tertiary alicyclic amines) is 1. The summed E-state index contributed by atoms with van der Waals surface area (Å²) in [6.45, 7) is 2.65. The van der Waals surface area contributed by atoms with Gasteiger partial charge in [-0.15, -0.1) is 0 Å². The van der Waals surface area contributed by atoms with Crippen LogP contribution in [0, 0.1) is 0 Å². The van der Waals surface area contributed by atoms with Crippen molar-refractivity contribution in [3.63, 3.8) is 0 Å². The van der Waals surface area contributed by atoms with Crippen molar-refractivity contribution in [3.8, 4) is 0 Å². The van der Waals surface area contributed by atoms with Gasteiger partial charge in [-0.05, 0) is 24.3 Å². The maximum atomic E-state index is 13.8. The molecule has 2 saturated heterocycles. The first-order valence-electron chi connectivity index (χ1n) is 12.6. The standard InChI is InChI=1S/C26H27F5N6O2/c27-25(28)6-8-36(9-7-25)21(17-14-33-24(34-15-17)26(29,30)31)16-32-23(38)19-2-1-3-20-18(19)4-5-22(35-20)37-10-12-39-13-11-37/h1-5,14-15,21H,6-13,16H2,(H,32,38)/t21-/m1/s1. The Kier molecular flexibility index (Phi) is 7.63. The number of fused-ring (bicyclic) bond motifs is 1. The highest BCUT2D eigenvalue weighted by Crippen LogP contribution is 2.33. The van der Waals surface area contributed by atoms with Crippen molar-refractivity contribution >= 4 is 22.6 Å². The molecule has 0 unspecified atom stereocenters. The van der Waals surface area contributed by atoms with Gasteiger partial charge in [-0.25, -0.2) is 23.7 Å². The Balaban J connectivity index is 1.35. The fourth-order valence-electron chi connectivity index (χ4n) is 4.87. The van der Waals surface area contributed by atoms with Gasteiger partial charge in [0.15, 0.2) is 0 Å². The van der Waals surface area contributed by atoms with E-state index in [1.54, 1.807) is 17.0 Å². The molecule has 208 valence electrons. The molecule has 1 N–H and O–H groups in total. The summed E-state index contributed by atoms with van der Waals surface area (Å²) in [5, 5.41) is 3.47. The molecule has 2 aliphatic heterocycles. The van der Waals surface area contributed by atoms with Gasteiger partial charge >= 0.3 is 6.18 Å². The van der Waals surface area contributed by atoms with Crippen LogP contribution in [-0.2, 0) is 10.9 Å². The number of benzene rings is 1. The molecule has 0 saturated carbocycles. The van der Waals surface area contributed by atoms with Gasteiger partial charge in [0.25, 0.3) is 11.8 Å². The van der Waals surface area contributed by atoms with Crippen molar-refractivity contribution in [1.29, 1.82) is 0 Å². The smallest absolute Gasteiger partial charge is 0.378 e. The highest BCUT2D eigenvalue weighted by molar-refractivity contribution is 6.06. The van der Waals surface area contributed by atoms with Crippen LogP contribution in [0.4, 0.5) is 27.8 Å². The minimum absolute atomic E-state index is 0.0110. The van der Waals surface area contributed by atoms with E-state index in [0.717, 1.165) is 31.3 Å². The van der Waals surface area contributed by atoms with E-state index in [2.05, 4.69) is 20.2 Å². The molecule has 2 fully saturated rings. The number of halogens is 5. The normalized spacial score (nSPS) is 19.2. The molecule has 5 rings (SSSR count). The fraction of sp³-hybridized carbons (Fsp3) is 0.462. The van der Waals surface area contributed by atoms with E-state index in [-0.39, 0.29) is 32.5 Å². The molecule has 3 aromatic rings. The first-order chi connectivity index (χ1) is 18.6. The highest BCUT2D eigenvalue weighted by atomic mass is 19.4. The number of hydrogen-bond acceptors (Lipinski definition) is 7. The van der Waals surface area contributed by atoms with Crippen LogP contribution in [0.3, 0.4) is 0 Å². The van der Waals surface area contributed by atoms with Crippen LogP contribution in [0.25, 0.3) is 10.9 Å². The van der Waals surface area contributed by atoms with Gasteiger partial charge in [0.2, 0.25) is 5.82 Å². The van der Waals surface area contributed by atoms with Crippen LogP contribution in [0.1, 0.15) is 40.6 Å². The summed E-state index contributed by atoms with van der Waals surface area (Å²) < 4.78 is 71.9. The first kappa shape index (κ1) is 27.1. The summed E-state index contributed by atoms with van der Waals surface area (Å²) in [6, 6.07) is 8.18. The lowest BCUT2D eigenvalue weighted by atomic mass is 10.0. The number of morpholine rings is 1. The molecular weight excluding hydrogens is 523 g/mol. The maximum absolute atomic E-state index is 13.8. The van der Waals surface area contributed by atoms with E-state index < -0.39 is 29.9 Å². The molecule has 4 heterocycles. The van der Waals surface area contributed by atoms with Crippen molar-refractivity contribution < 1.29 is 31.5 Å². The Morgan fingerprint density at radius 2 is 1.72 bits per heavy atom. The summed E-state index contributed by atoms with van der Waals surface area (Å²) in [6.07, 6.45) is -3.42. The molecule has 8 nitrogen and oxygen atoms in total. The van der Waals surface area contributed by atoms with Gasteiger partial charge in [0.1, 0.15) is 5.82 Å². The molecule has 0 aliphatic carbocycles. The Morgan fingerprint density at radius 1 is 1.03 bits per heavy atom. The highest BCUT2D eigenvalue weighted by Gasteiger charge is 2.38. The molecule has 0 radical (unpaired) electrons. The van der Waals surface area contributed by atoms with E-state index in [1.165, 1.54) is 0 Å². The van der Waals surface area contributed by atoms with Gasteiger partial charge in [0, 0.05) is 74.5 Å². The SMILES string of the molecule is O=C(NC[C@H](c1cnc(C(F)(F)F)nc1)N1CCC(F)(F)CC1)c1cccc2nc(N3CCOCC3)ccc12. The van der Waals surface area contributed by atoms with Gasteiger partial charge in [0.05, 0.1) is 24.8 Å². The van der Waals surface area contributed by atoms with Crippen LogP contribution >= 0.6 is 0 Å². The molecule has 39 heavy (non-hydrogen) atoms. The zero-order valence-electron chi connectivity index (χ0n) is 20.9. The Bertz CT molecular complexity index is 1300. The minimum atomic E-state index is -4.71. The van der Waals surface area contributed by atoms with Crippen molar-refractivity contribution in [2.45, 2.75) is 31.0 Å². The second-order valence-corrected chi connectivity index (χ2v) is 9.60. The number of pyridine rings is 1. The Labute approximate surface area is 221 Å². The summed E-state index contributed by atoms with van der Waals surface area (Å²) in [5.74, 6) is -3.73. The predicted octanol–water partition coefficient (Wildman–Crippen LogP) is 4.08. The average molecular weight is 551 g/mol. The second kappa shape index (κ2) is 11.0.